The number of nitrogens with zero attached hydrogens (tertiary/aromatic N) is 1. The van der Waals surface area contributed by atoms with Gasteiger partial charge in [-0.1, -0.05) is 11.6 Å². The second kappa shape index (κ2) is 6.37. The van der Waals surface area contributed by atoms with E-state index in [0.29, 0.717) is 23.7 Å². The van der Waals surface area contributed by atoms with Gasteiger partial charge in [-0.05, 0) is 30.7 Å². The highest BCUT2D eigenvalue weighted by molar-refractivity contribution is 6.31. The van der Waals surface area contributed by atoms with Gasteiger partial charge in [0.05, 0.1) is 12.7 Å². The zero-order valence-electron chi connectivity index (χ0n) is 11.3. The fourth-order valence-corrected chi connectivity index (χ4v) is 2.50. The van der Waals surface area contributed by atoms with E-state index in [9.17, 15) is 4.79 Å². The summed E-state index contributed by atoms with van der Waals surface area (Å²) >= 11 is 5.99. The molecule has 1 saturated heterocycles. The molecule has 1 aliphatic rings. The van der Waals surface area contributed by atoms with E-state index < -0.39 is 0 Å². The molecule has 1 aliphatic heterocycles. The number of carbonyl (C=O) groups is 1. The van der Waals surface area contributed by atoms with Crippen LogP contribution in [0.2, 0.25) is 5.02 Å². The zero-order valence-corrected chi connectivity index (χ0v) is 12.0. The molecule has 2 rings (SSSR count). The first kappa shape index (κ1) is 14.3. The summed E-state index contributed by atoms with van der Waals surface area (Å²) in [6.45, 7) is 4.87. The van der Waals surface area contributed by atoms with E-state index in [0.717, 1.165) is 18.7 Å². The van der Waals surface area contributed by atoms with Crippen LogP contribution in [0.25, 0.3) is 0 Å². The maximum atomic E-state index is 12.3. The number of benzene rings is 1. The van der Waals surface area contributed by atoms with Gasteiger partial charge in [-0.3, -0.25) is 4.79 Å². The van der Waals surface area contributed by atoms with Crippen LogP contribution in [0.5, 0.6) is 0 Å². The smallest absolute Gasteiger partial charge is 0.253 e. The average molecular weight is 283 g/mol. The molecular formula is C14H19ClN2O2. The van der Waals surface area contributed by atoms with Crippen LogP contribution < -0.4 is 5.32 Å². The van der Waals surface area contributed by atoms with Crippen molar-refractivity contribution in [1.29, 1.82) is 0 Å². The van der Waals surface area contributed by atoms with Crippen molar-refractivity contribution in [2.75, 3.05) is 33.3 Å². The van der Waals surface area contributed by atoms with Gasteiger partial charge in [0, 0.05) is 37.3 Å². The van der Waals surface area contributed by atoms with Gasteiger partial charge >= 0.3 is 0 Å². The fourth-order valence-electron chi connectivity index (χ4n) is 2.21. The van der Waals surface area contributed by atoms with E-state index >= 15 is 0 Å². The van der Waals surface area contributed by atoms with Gasteiger partial charge in [0.1, 0.15) is 0 Å². The molecule has 104 valence electrons. The SMILES string of the molecule is Cc1cc(Cl)cc(C(=O)N(C)CC2CNCCO2)c1. The first-order chi connectivity index (χ1) is 9.06. The monoisotopic (exact) mass is 282 g/mol. The van der Waals surface area contributed by atoms with Gasteiger partial charge in [0.15, 0.2) is 0 Å². The Bertz CT molecular complexity index is 439. The third-order valence-corrected chi connectivity index (χ3v) is 3.34. The summed E-state index contributed by atoms with van der Waals surface area (Å²) in [7, 11) is 1.79. The molecule has 0 saturated carbocycles. The molecular weight excluding hydrogens is 264 g/mol. The Labute approximate surface area is 118 Å². The number of likely N-dealkylation sites (N-methyl/N-ethyl adjacent to an activating group) is 1. The Morgan fingerprint density at radius 2 is 2.32 bits per heavy atom. The topological polar surface area (TPSA) is 41.6 Å². The maximum Gasteiger partial charge on any atom is 0.253 e. The maximum absolute atomic E-state index is 12.3. The van der Waals surface area contributed by atoms with Crippen molar-refractivity contribution in [2.45, 2.75) is 13.0 Å². The first-order valence-electron chi connectivity index (χ1n) is 6.41. The number of aryl methyl sites for hydroxylation is 1. The summed E-state index contributed by atoms with van der Waals surface area (Å²) in [5.74, 6) is -0.0280. The van der Waals surface area contributed by atoms with Crippen molar-refractivity contribution in [2.24, 2.45) is 0 Å². The molecule has 1 aromatic carbocycles. The van der Waals surface area contributed by atoms with Gasteiger partial charge in [-0.2, -0.15) is 0 Å². The number of hydrogen-bond acceptors (Lipinski definition) is 3. The number of amides is 1. The van der Waals surface area contributed by atoms with Crippen molar-refractivity contribution >= 4 is 17.5 Å². The van der Waals surface area contributed by atoms with E-state index in [1.165, 1.54) is 0 Å². The van der Waals surface area contributed by atoms with Crippen molar-refractivity contribution in [3.63, 3.8) is 0 Å². The van der Waals surface area contributed by atoms with Gasteiger partial charge in [0.25, 0.3) is 5.91 Å². The molecule has 19 heavy (non-hydrogen) atoms. The highest BCUT2D eigenvalue weighted by Crippen LogP contribution is 2.16. The number of morpholine rings is 1. The highest BCUT2D eigenvalue weighted by atomic mass is 35.5. The van der Waals surface area contributed by atoms with E-state index in [1.54, 1.807) is 18.0 Å². The van der Waals surface area contributed by atoms with Crippen molar-refractivity contribution in [3.8, 4) is 0 Å². The number of rotatable bonds is 3. The molecule has 5 heteroatoms. The lowest BCUT2D eigenvalue weighted by Crippen LogP contribution is -2.45. The molecule has 0 radical (unpaired) electrons. The molecule has 1 heterocycles. The third kappa shape index (κ3) is 3.93. The minimum absolute atomic E-state index is 0.0280. The standard InChI is InChI=1S/C14H19ClN2O2/c1-10-5-11(7-12(15)6-10)14(18)17(2)9-13-8-16-3-4-19-13/h5-7,13,16H,3-4,8-9H2,1-2H3. The Morgan fingerprint density at radius 1 is 1.53 bits per heavy atom. The van der Waals surface area contributed by atoms with Crippen molar-refractivity contribution in [1.82, 2.24) is 10.2 Å². The van der Waals surface area contributed by atoms with Crippen LogP contribution in [-0.4, -0.2) is 50.2 Å². The second-order valence-corrected chi connectivity index (χ2v) is 5.34. The van der Waals surface area contributed by atoms with Gasteiger partial charge in [-0.15, -0.1) is 0 Å². The normalized spacial score (nSPS) is 19.2. The van der Waals surface area contributed by atoms with E-state index in [4.69, 9.17) is 16.3 Å². The fraction of sp³-hybridized carbons (Fsp3) is 0.500. The summed E-state index contributed by atoms with van der Waals surface area (Å²) in [5, 5.41) is 3.84. The molecule has 0 aliphatic carbocycles. The lowest BCUT2D eigenvalue weighted by atomic mass is 10.1. The second-order valence-electron chi connectivity index (χ2n) is 4.90. The van der Waals surface area contributed by atoms with Crippen LogP contribution >= 0.6 is 11.6 Å². The minimum atomic E-state index is -0.0280. The first-order valence-corrected chi connectivity index (χ1v) is 6.79. The Balaban J connectivity index is 2.01. The molecule has 0 bridgehead atoms. The molecule has 1 fully saturated rings. The number of ether oxygens (including phenoxy) is 1. The van der Waals surface area contributed by atoms with Crippen molar-refractivity contribution in [3.05, 3.63) is 34.3 Å². The van der Waals surface area contributed by atoms with E-state index in [2.05, 4.69) is 5.32 Å². The largest absolute Gasteiger partial charge is 0.374 e. The number of hydrogen-bond donors (Lipinski definition) is 1. The van der Waals surface area contributed by atoms with E-state index in [1.807, 2.05) is 19.1 Å². The molecule has 0 spiro atoms. The van der Waals surface area contributed by atoms with Crippen molar-refractivity contribution < 1.29 is 9.53 Å². The van der Waals surface area contributed by atoms with Crippen LogP contribution in [0.3, 0.4) is 0 Å². The number of carbonyl (C=O) groups excluding carboxylic acids is 1. The average Bonchev–Trinajstić information content (AvgIpc) is 2.37. The number of halogens is 1. The quantitative estimate of drug-likeness (QED) is 0.918. The summed E-state index contributed by atoms with van der Waals surface area (Å²) in [5.41, 5.74) is 1.61. The molecule has 0 aromatic heterocycles. The van der Waals surface area contributed by atoms with Gasteiger partial charge in [0.2, 0.25) is 0 Å². The Morgan fingerprint density at radius 3 is 2.95 bits per heavy atom. The summed E-state index contributed by atoms with van der Waals surface area (Å²) in [6.07, 6.45) is 0.0583. The lowest BCUT2D eigenvalue weighted by molar-refractivity contribution is 0.0104. The molecule has 1 unspecified atom stereocenters. The van der Waals surface area contributed by atoms with E-state index in [-0.39, 0.29) is 12.0 Å². The minimum Gasteiger partial charge on any atom is -0.374 e. The van der Waals surface area contributed by atoms with Crippen LogP contribution in [0.1, 0.15) is 15.9 Å². The highest BCUT2D eigenvalue weighted by Gasteiger charge is 2.19. The molecule has 1 N–H and O–H groups in total. The molecule has 1 amide bonds. The van der Waals surface area contributed by atoms with Crippen LogP contribution in [0.15, 0.2) is 18.2 Å². The predicted octanol–water partition coefficient (Wildman–Crippen LogP) is 1.71. The summed E-state index contributed by atoms with van der Waals surface area (Å²) in [6, 6.07) is 5.39. The van der Waals surface area contributed by atoms with Gasteiger partial charge < -0.3 is 15.0 Å². The zero-order chi connectivity index (χ0) is 13.8. The number of nitrogens with one attached hydrogen (secondary N) is 1. The van der Waals surface area contributed by atoms with Crippen LogP contribution in [0, 0.1) is 6.92 Å². The lowest BCUT2D eigenvalue weighted by Gasteiger charge is -2.28. The Hall–Kier alpha value is -1.10. The molecule has 1 aromatic rings. The Kier molecular flexibility index (Phi) is 4.80. The summed E-state index contributed by atoms with van der Waals surface area (Å²) < 4.78 is 5.60. The molecule has 1 atom stereocenters. The van der Waals surface area contributed by atoms with Crippen LogP contribution in [0.4, 0.5) is 0 Å². The summed E-state index contributed by atoms with van der Waals surface area (Å²) in [4.78, 5) is 14.0. The predicted molar refractivity (Wildman–Crippen MR) is 75.8 cm³/mol. The van der Waals surface area contributed by atoms with Gasteiger partial charge in [-0.25, -0.2) is 0 Å². The molecule has 4 nitrogen and oxygen atoms in total. The van der Waals surface area contributed by atoms with Crippen LogP contribution in [-0.2, 0) is 4.74 Å². The third-order valence-electron chi connectivity index (χ3n) is 3.12.